The number of fused-ring (bicyclic) bond motifs is 4. The molecule has 0 saturated carbocycles. The number of aromatic nitrogens is 2. The Morgan fingerprint density at radius 1 is 1.08 bits per heavy atom. The van der Waals surface area contributed by atoms with Crippen molar-refractivity contribution in [1.29, 1.82) is 0 Å². The van der Waals surface area contributed by atoms with E-state index in [-0.39, 0.29) is 29.0 Å². The van der Waals surface area contributed by atoms with E-state index in [9.17, 15) is 8.42 Å². The van der Waals surface area contributed by atoms with Crippen LogP contribution in [0.25, 0.3) is 11.3 Å². The van der Waals surface area contributed by atoms with Crippen molar-refractivity contribution in [3.63, 3.8) is 0 Å². The smallest absolute Gasteiger partial charge is 0.268 e. The van der Waals surface area contributed by atoms with Crippen molar-refractivity contribution in [2.24, 2.45) is 5.41 Å². The second-order valence-electron chi connectivity index (χ2n) is 10.7. The van der Waals surface area contributed by atoms with E-state index >= 15 is 0 Å². The number of anilines is 1. The van der Waals surface area contributed by atoms with Crippen LogP contribution < -0.4 is 14.4 Å². The molecule has 0 amide bonds. The third-order valence-corrected chi connectivity index (χ3v) is 7.97. The number of hydrogen-bond acceptors (Lipinski definition) is 7. The Morgan fingerprint density at radius 3 is 2.46 bits per heavy atom. The molecular weight excluding hydrogens is 488 g/mol. The molecule has 0 fully saturated rings. The number of benzene rings is 2. The lowest BCUT2D eigenvalue weighted by molar-refractivity contribution is 0.204. The number of aryl methyl sites for hydroxylation is 2. The Balaban J connectivity index is 1.92. The molecule has 1 aliphatic heterocycles. The molecule has 8 nitrogen and oxygen atoms in total. The van der Waals surface area contributed by atoms with Crippen molar-refractivity contribution >= 4 is 16.0 Å². The fourth-order valence-electron chi connectivity index (χ4n) is 4.62. The molecule has 1 aliphatic rings. The zero-order chi connectivity index (χ0) is 26.8. The number of sulfonamides is 1. The molecule has 2 aromatic carbocycles. The van der Waals surface area contributed by atoms with Gasteiger partial charge in [0.1, 0.15) is 13.3 Å². The van der Waals surface area contributed by atoms with Crippen LogP contribution in [0, 0.1) is 19.3 Å². The molecule has 0 spiro atoms. The van der Waals surface area contributed by atoms with Gasteiger partial charge in [0, 0.05) is 31.3 Å². The molecule has 4 rings (SSSR count). The molecule has 3 aromatic rings. The lowest BCUT2D eigenvalue weighted by Crippen LogP contribution is -2.37. The van der Waals surface area contributed by atoms with Crippen LogP contribution in [0.2, 0.25) is 0 Å². The zero-order valence-corrected chi connectivity index (χ0v) is 23.2. The largest absolute Gasteiger partial charge is 0.476 e. The molecular formula is C28H36N4O4S. The Hall–Kier alpha value is -3.01. The fraction of sp³-hybridized carbons (Fsp3) is 0.429. The summed E-state index contributed by atoms with van der Waals surface area (Å²) in [6.07, 6.45) is 0.864. The molecule has 37 heavy (non-hydrogen) atoms. The minimum Gasteiger partial charge on any atom is -0.476 e. The van der Waals surface area contributed by atoms with Gasteiger partial charge in [0.2, 0.25) is 11.8 Å². The molecule has 2 heterocycles. The molecule has 9 heteroatoms. The number of rotatable bonds is 4. The van der Waals surface area contributed by atoms with Gasteiger partial charge >= 0.3 is 0 Å². The summed E-state index contributed by atoms with van der Waals surface area (Å²) in [7, 11) is -2.58. The van der Waals surface area contributed by atoms with Crippen molar-refractivity contribution in [3.05, 3.63) is 65.2 Å². The van der Waals surface area contributed by atoms with Crippen molar-refractivity contribution in [1.82, 2.24) is 15.3 Å². The highest BCUT2D eigenvalue weighted by Gasteiger charge is 2.30. The van der Waals surface area contributed by atoms with Crippen molar-refractivity contribution in [2.75, 3.05) is 24.8 Å². The van der Waals surface area contributed by atoms with E-state index in [0.717, 1.165) is 33.0 Å². The summed E-state index contributed by atoms with van der Waals surface area (Å²) in [5.74, 6) is 0.313. The van der Waals surface area contributed by atoms with Crippen molar-refractivity contribution in [3.8, 4) is 17.1 Å². The maximum absolute atomic E-state index is 13.8. The van der Waals surface area contributed by atoms with Crippen LogP contribution in [-0.2, 0) is 21.3 Å². The van der Waals surface area contributed by atoms with Gasteiger partial charge < -0.3 is 14.8 Å². The summed E-state index contributed by atoms with van der Waals surface area (Å²) in [6.45, 7) is 11.2. The predicted octanol–water partition coefficient (Wildman–Crippen LogP) is 4.85. The highest BCUT2D eigenvalue weighted by Crippen LogP contribution is 2.32. The SMILES string of the molecule is COCN1c2nc(cc(-c3c(C)cccc3C)n2)OC[C@@H](CC(C)(C)C)NCc2cccc(c2)S1(=O)=O. The van der Waals surface area contributed by atoms with Crippen LogP contribution >= 0.6 is 0 Å². The molecule has 1 N–H and O–H groups in total. The summed E-state index contributed by atoms with van der Waals surface area (Å²) in [5, 5.41) is 3.56. The zero-order valence-electron chi connectivity index (χ0n) is 22.4. The topological polar surface area (TPSA) is 93.7 Å². The molecule has 0 saturated heterocycles. The molecule has 1 atom stereocenters. The maximum Gasteiger partial charge on any atom is 0.268 e. The van der Waals surface area contributed by atoms with E-state index in [2.05, 4.69) is 31.1 Å². The molecule has 198 valence electrons. The average Bonchev–Trinajstić information content (AvgIpc) is 2.83. The quantitative estimate of drug-likeness (QED) is 0.522. The minimum atomic E-state index is -4.02. The first-order valence-corrected chi connectivity index (χ1v) is 13.8. The molecule has 4 bridgehead atoms. The van der Waals surface area contributed by atoms with Gasteiger partial charge in [0.05, 0.1) is 10.6 Å². The van der Waals surface area contributed by atoms with Crippen molar-refractivity contribution < 1.29 is 17.9 Å². The molecule has 0 aliphatic carbocycles. The first-order chi connectivity index (χ1) is 17.5. The predicted molar refractivity (Wildman–Crippen MR) is 145 cm³/mol. The first kappa shape index (κ1) is 27.0. The van der Waals surface area contributed by atoms with Crippen LogP contribution in [0.4, 0.5) is 5.95 Å². The summed E-state index contributed by atoms with van der Waals surface area (Å²) in [4.78, 5) is 9.43. The standard InChI is InChI=1S/C28H36N4O4S/c1-19-9-7-10-20(2)26(19)24-14-25-31-27(30-24)32(18-35-6)37(33,34)23-12-8-11-21(13-23)16-29-22(17-36-25)15-28(3,4)5/h7-14,22,29H,15-18H2,1-6H3/t22-/m1/s1. The van der Waals surface area contributed by atoms with Gasteiger partial charge in [-0.3, -0.25) is 0 Å². The maximum atomic E-state index is 13.8. The number of nitrogens with one attached hydrogen (secondary N) is 1. The lowest BCUT2D eigenvalue weighted by Gasteiger charge is -2.27. The van der Waals surface area contributed by atoms with Gasteiger partial charge in [-0.25, -0.2) is 17.7 Å². The van der Waals surface area contributed by atoms with E-state index in [4.69, 9.17) is 14.5 Å². The van der Waals surface area contributed by atoms with Gasteiger partial charge in [-0.1, -0.05) is 51.1 Å². The third-order valence-electron chi connectivity index (χ3n) is 6.27. The molecule has 1 aromatic heterocycles. The van der Waals surface area contributed by atoms with Crippen LogP contribution in [0.1, 0.15) is 43.9 Å². The average molecular weight is 525 g/mol. The van der Waals surface area contributed by atoms with Crippen molar-refractivity contribution in [2.45, 2.75) is 58.5 Å². The summed E-state index contributed by atoms with van der Waals surface area (Å²) in [5.41, 5.74) is 4.48. The molecule has 0 radical (unpaired) electrons. The van der Waals surface area contributed by atoms with E-state index in [0.29, 0.717) is 24.7 Å². The third kappa shape index (κ3) is 6.29. The van der Waals surface area contributed by atoms with Crippen LogP contribution in [0.15, 0.2) is 53.4 Å². The highest BCUT2D eigenvalue weighted by atomic mass is 32.2. The van der Waals surface area contributed by atoms with E-state index < -0.39 is 10.0 Å². The Kier molecular flexibility index (Phi) is 7.87. The van der Waals surface area contributed by atoms with Gasteiger partial charge in [-0.2, -0.15) is 4.98 Å². The van der Waals surface area contributed by atoms with E-state index in [1.807, 2.05) is 38.1 Å². The summed E-state index contributed by atoms with van der Waals surface area (Å²) in [6, 6.07) is 14.7. The Bertz CT molecular complexity index is 1350. The van der Waals surface area contributed by atoms with E-state index in [1.54, 1.807) is 24.3 Å². The first-order valence-electron chi connectivity index (χ1n) is 12.4. The highest BCUT2D eigenvalue weighted by molar-refractivity contribution is 7.92. The summed E-state index contributed by atoms with van der Waals surface area (Å²) >= 11 is 0. The van der Waals surface area contributed by atoms with Gasteiger partial charge in [-0.05, 0) is 54.5 Å². The van der Waals surface area contributed by atoms with Crippen LogP contribution in [0.3, 0.4) is 0 Å². The van der Waals surface area contributed by atoms with Gasteiger partial charge in [-0.15, -0.1) is 0 Å². The fourth-order valence-corrected chi connectivity index (χ4v) is 5.96. The Labute approximate surface area is 220 Å². The van der Waals surface area contributed by atoms with E-state index in [1.165, 1.54) is 7.11 Å². The summed E-state index contributed by atoms with van der Waals surface area (Å²) < 4.78 is 40.3. The number of ether oxygens (including phenoxy) is 2. The normalized spacial score (nSPS) is 17.8. The van der Waals surface area contributed by atoms with Crippen LogP contribution in [-0.4, -0.2) is 44.9 Å². The van der Waals surface area contributed by atoms with Gasteiger partial charge in [0.25, 0.3) is 10.0 Å². The second-order valence-corrected chi connectivity index (χ2v) is 12.6. The number of nitrogens with zero attached hydrogens (tertiary/aromatic N) is 3. The molecule has 0 unspecified atom stereocenters. The van der Waals surface area contributed by atoms with Gasteiger partial charge in [0.15, 0.2) is 0 Å². The monoisotopic (exact) mass is 524 g/mol. The minimum absolute atomic E-state index is 0.00184. The second kappa shape index (κ2) is 10.8. The van der Waals surface area contributed by atoms with Crippen LogP contribution in [0.5, 0.6) is 5.88 Å². The lowest BCUT2D eigenvalue weighted by atomic mass is 9.88. The number of methoxy groups -OCH3 is 1. The Morgan fingerprint density at radius 2 is 1.78 bits per heavy atom. The number of hydrogen-bond donors (Lipinski definition) is 1.